The highest BCUT2D eigenvalue weighted by Crippen LogP contribution is 2.31. The minimum Gasteiger partial charge on any atom is -0.494 e. The van der Waals surface area contributed by atoms with Gasteiger partial charge in [0.1, 0.15) is 12.4 Å². The Morgan fingerprint density at radius 1 is 1.07 bits per heavy atom. The van der Waals surface area contributed by atoms with Crippen LogP contribution >= 0.6 is 0 Å². The standard InChI is InChI=1S/C32H35N3O6/c1-22-11-12-24(18-26(22)31(36)37)19-28-27-20-25(13-14-29(27)35(34-28)30-10-5-6-16-40-30)39-17-7-15-33-32(38)41-21-23-8-3-2-4-9-23/h2-4,8-9,11-14,18,20,30H,5-7,10,15-17,19,21H2,1H3,(H,33,38)(H,36,37). The van der Waals surface area contributed by atoms with Gasteiger partial charge < -0.3 is 24.6 Å². The Morgan fingerprint density at radius 2 is 1.93 bits per heavy atom. The highest BCUT2D eigenvalue weighted by Gasteiger charge is 2.22. The largest absolute Gasteiger partial charge is 0.494 e. The molecule has 9 heteroatoms. The molecule has 3 aromatic carbocycles. The van der Waals surface area contributed by atoms with Gasteiger partial charge in [-0.2, -0.15) is 5.10 Å². The number of hydrogen-bond acceptors (Lipinski definition) is 6. The summed E-state index contributed by atoms with van der Waals surface area (Å²) >= 11 is 0. The first kappa shape index (κ1) is 28.2. The zero-order valence-corrected chi connectivity index (χ0v) is 23.2. The number of hydrogen-bond donors (Lipinski definition) is 2. The van der Waals surface area contributed by atoms with Crippen molar-refractivity contribution in [2.24, 2.45) is 0 Å². The highest BCUT2D eigenvalue weighted by molar-refractivity contribution is 5.89. The molecule has 5 rings (SSSR count). The van der Waals surface area contributed by atoms with Gasteiger partial charge in [-0.25, -0.2) is 14.3 Å². The maximum atomic E-state index is 12.0. The number of aromatic nitrogens is 2. The van der Waals surface area contributed by atoms with Crippen LogP contribution in [0.5, 0.6) is 5.75 Å². The van der Waals surface area contributed by atoms with Crippen molar-refractivity contribution >= 4 is 23.0 Å². The van der Waals surface area contributed by atoms with E-state index >= 15 is 0 Å². The zero-order valence-electron chi connectivity index (χ0n) is 23.2. The topological polar surface area (TPSA) is 112 Å². The highest BCUT2D eigenvalue weighted by atomic mass is 16.5. The number of benzene rings is 3. The molecule has 2 N–H and O–H groups in total. The van der Waals surface area contributed by atoms with E-state index < -0.39 is 12.1 Å². The van der Waals surface area contributed by atoms with Crippen molar-refractivity contribution in [2.45, 2.75) is 51.9 Å². The van der Waals surface area contributed by atoms with Crippen LogP contribution in [0, 0.1) is 6.92 Å². The molecule has 0 spiro atoms. The molecule has 1 fully saturated rings. The maximum Gasteiger partial charge on any atom is 0.407 e. The summed E-state index contributed by atoms with van der Waals surface area (Å²) in [5.74, 6) is -0.241. The Morgan fingerprint density at radius 3 is 2.71 bits per heavy atom. The number of aryl methyl sites for hydroxylation is 1. The van der Waals surface area contributed by atoms with Crippen LogP contribution in [0.15, 0.2) is 66.7 Å². The average molecular weight is 558 g/mol. The van der Waals surface area contributed by atoms with Gasteiger partial charge in [0.2, 0.25) is 0 Å². The van der Waals surface area contributed by atoms with Gasteiger partial charge >= 0.3 is 12.1 Å². The van der Waals surface area contributed by atoms with Crippen LogP contribution < -0.4 is 10.1 Å². The number of amides is 1. The van der Waals surface area contributed by atoms with Crippen molar-refractivity contribution in [1.29, 1.82) is 0 Å². The van der Waals surface area contributed by atoms with E-state index in [1.54, 1.807) is 13.0 Å². The van der Waals surface area contributed by atoms with Crippen LogP contribution in [0.25, 0.3) is 10.9 Å². The van der Waals surface area contributed by atoms with E-state index in [-0.39, 0.29) is 12.8 Å². The number of rotatable bonds is 11. The number of carbonyl (C=O) groups is 2. The average Bonchev–Trinajstić information content (AvgIpc) is 3.35. The van der Waals surface area contributed by atoms with Crippen LogP contribution in [0.2, 0.25) is 0 Å². The van der Waals surface area contributed by atoms with Crippen molar-refractivity contribution < 1.29 is 28.9 Å². The molecule has 41 heavy (non-hydrogen) atoms. The summed E-state index contributed by atoms with van der Waals surface area (Å²) in [6, 6.07) is 20.9. The second-order valence-corrected chi connectivity index (χ2v) is 10.2. The molecule has 1 aromatic heterocycles. The summed E-state index contributed by atoms with van der Waals surface area (Å²) in [6.45, 7) is 3.57. The van der Waals surface area contributed by atoms with Crippen LogP contribution in [-0.4, -0.2) is 46.7 Å². The molecular weight excluding hydrogens is 522 g/mol. The monoisotopic (exact) mass is 557 g/mol. The Labute approximate surface area is 239 Å². The van der Waals surface area contributed by atoms with E-state index in [0.717, 1.165) is 52.5 Å². The Balaban J connectivity index is 1.24. The lowest BCUT2D eigenvalue weighted by atomic mass is 10.0. The summed E-state index contributed by atoms with van der Waals surface area (Å²) < 4.78 is 19.2. The summed E-state index contributed by atoms with van der Waals surface area (Å²) in [5, 5.41) is 18.2. The summed E-state index contributed by atoms with van der Waals surface area (Å²) in [7, 11) is 0. The first-order chi connectivity index (χ1) is 20.0. The number of fused-ring (bicyclic) bond motifs is 1. The first-order valence-corrected chi connectivity index (χ1v) is 14.0. The van der Waals surface area contributed by atoms with Gasteiger partial charge in [0.15, 0.2) is 6.23 Å². The van der Waals surface area contributed by atoms with E-state index in [1.807, 2.05) is 65.3 Å². The third-order valence-electron chi connectivity index (χ3n) is 7.16. The molecule has 1 amide bonds. The van der Waals surface area contributed by atoms with Gasteiger partial charge in [0.25, 0.3) is 0 Å². The maximum absolute atomic E-state index is 12.0. The molecule has 1 atom stereocenters. The number of nitrogens with zero attached hydrogens (tertiary/aromatic N) is 2. The molecule has 1 aliphatic rings. The molecule has 2 heterocycles. The molecule has 4 aromatic rings. The SMILES string of the molecule is Cc1ccc(Cc2nn(C3CCCCO3)c3ccc(OCCCNC(=O)OCc4ccccc4)cc23)cc1C(=O)O. The van der Waals surface area contributed by atoms with Gasteiger partial charge in [0, 0.05) is 25.0 Å². The van der Waals surface area contributed by atoms with Gasteiger partial charge in [0.05, 0.1) is 23.4 Å². The Hall–Kier alpha value is -4.37. The van der Waals surface area contributed by atoms with E-state index in [9.17, 15) is 14.7 Å². The molecule has 1 unspecified atom stereocenters. The molecule has 1 aliphatic heterocycles. The van der Waals surface area contributed by atoms with Crippen LogP contribution in [0.4, 0.5) is 4.79 Å². The van der Waals surface area contributed by atoms with Crippen molar-refractivity contribution in [3.8, 4) is 5.75 Å². The number of ether oxygens (including phenoxy) is 3. The first-order valence-electron chi connectivity index (χ1n) is 14.0. The smallest absolute Gasteiger partial charge is 0.407 e. The third-order valence-corrected chi connectivity index (χ3v) is 7.16. The van der Waals surface area contributed by atoms with Crippen LogP contribution in [0.1, 0.15) is 64.7 Å². The quantitative estimate of drug-likeness (QED) is 0.217. The zero-order chi connectivity index (χ0) is 28.6. The molecule has 1 saturated heterocycles. The molecule has 0 bridgehead atoms. The van der Waals surface area contributed by atoms with Gasteiger partial charge in [-0.05, 0) is 73.6 Å². The molecular formula is C32H35N3O6. The van der Waals surface area contributed by atoms with Crippen molar-refractivity contribution in [3.63, 3.8) is 0 Å². The lowest BCUT2D eigenvalue weighted by Crippen LogP contribution is -2.26. The molecule has 0 saturated carbocycles. The number of aromatic carboxylic acids is 1. The minimum atomic E-state index is -0.940. The van der Waals surface area contributed by atoms with E-state index in [1.165, 1.54) is 0 Å². The summed E-state index contributed by atoms with van der Waals surface area (Å²) in [4.78, 5) is 23.7. The number of alkyl carbamates (subject to hydrolysis) is 1. The van der Waals surface area contributed by atoms with Crippen molar-refractivity contribution in [2.75, 3.05) is 19.8 Å². The predicted octanol–water partition coefficient (Wildman–Crippen LogP) is 6.03. The number of carboxylic acid groups (broad SMARTS) is 1. The van der Waals surface area contributed by atoms with Crippen molar-refractivity contribution in [3.05, 3.63) is 94.7 Å². The van der Waals surface area contributed by atoms with E-state index in [4.69, 9.17) is 19.3 Å². The van der Waals surface area contributed by atoms with Crippen LogP contribution in [-0.2, 0) is 22.5 Å². The van der Waals surface area contributed by atoms with Gasteiger partial charge in [-0.15, -0.1) is 0 Å². The molecule has 0 radical (unpaired) electrons. The fourth-order valence-electron chi connectivity index (χ4n) is 4.97. The number of nitrogens with one attached hydrogen (secondary N) is 1. The second kappa shape index (κ2) is 13.3. The van der Waals surface area contributed by atoms with E-state index in [2.05, 4.69) is 5.32 Å². The molecule has 0 aliphatic carbocycles. The summed E-state index contributed by atoms with van der Waals surface area (Å²) in [5.41, 5.74) is 4.62. The third kappa shape index (κ3) is 7.24. The second-order valence-electron chi connectivity index (χ2n) is 10.2. The lowest BCUT2D eigenvalue weighted by Gasteiger charge is -2.23. The molecule has 214 valence electrons. The van der Waals surface area contributed by atoms with Crippen molar-refractivity contribution in [1.82, 2.24) is 15.1 Å². The van der Waals surface area contributed by atoms with Gasteiger partial charge in [-0.1, -0.05) is 42.5 Å². The normalized spacial score (nSPS) is 15.0. The van der Waals surface area contributed by atoms with Gasteiger partial charge in [-0.3, -0.25) is 0 Å². The number of carbonyl (C=O) groups excluding carboxylic acids is 1. The Kier molecular flexibility index (Phi) is 9.15. The van der Waals surface area contributed by atoms with Crippen LogP contribution in [0.3, 0.4) is 0 Å². The fourth-order valence-corrected chi connectivity index (χ4v) is 4.97. The lowest BCUT2D eigenvalue weighted by molar-refractivity contribution is -0.0368. The minimum absolute atomic E-state index is 0.132. The number of carboxylic acids is 1. The molecule has 9 nitrogen and oxygen atoms in total. The fraction of sp³-hybridized carbons (Fsp3) is 0.344. The predicted molar refractivity (Wildman–Crippen MR) is 154 cm³/mol. The Bertz CT molecular complexity index is 1490. The van der Waals surface area contributed by atoms with E-state index in [0.29, 0.717) is 43.9 Å². The summed E-state index contributed by atoms with van der Waals surface area (Å²) in [6.07, 6.45) is 3.52.